The van der Waals surface area contributed by atoms with Crippen LogP contribution in [0, 0.1) is 5.41 Å². The van der Waals surface area contributed by atoms with Crippen LogP contribution in [0.1, 0.15) is 39.4 Å². The molecule has 2 aromatic rings. The number of sulfone groups is 1. The summed E-state index contributed by atoms with van der Waals surface area (Å²) in [6.07, 6.45) is -1.85. The Kier molecular flexibility index (Phi) is 9.68. The van der Waals surface area contributed by atoms with Gasteiger partial charge in [0.15, 0.2) is 21.7 Å². The topological polar surface area (TPSA) is 214 Å². The summed E-state index contributed by atoms with van der Waals surface area (Å²) in [6.45, 7) is 5.66. The molecule has 2 unspecified atom stereocenters. The summed E-state index contributed by atoms with van der Waals surface area (Å²) in [5.41, 5.74) is -2.24. The lowest BCUT2D eigenvalue weighted by Crippen LogP contribution is -2.56. The molecule has 0 bridgehead atoms. The summed E-state index contributed by atoms with van der Waals surface area (Å²) >= 11 is 0. The van der Waals surface area contributed by atoms with Gasteiger partial charge in [0.2, 0.25) is 10.0 Å². The van der Waals surface area contributed by atoms with Crippen LogP contribution in [0.4, 0.5) is 0 Å². The molecule has 1 aliphatic heterocycles. The van der Waals surface area contributed by atoms with E-state index in [1.165, 1.54) is 17.0 Å². The molecule has 0 radical (unpaired) electrons. The number of fused-ring (bicyclic) bond motifs is 1. The summed E-state index contributed by atoms with van der Waals surface area (Å²) in [5.74, 6) is -4.06. The molecule has 0 spiro atoms. The number of aliphatic carboxylic acids is 2. The number of hydrogen-bond acceptors (Lipinski definition) is 11. The van der Waals surface area contributed by atoms with Gasteiger partial charge in [-0.25, -0.2) is 26.6 Å². The highest BCUT2D eigenvalue weighted by Crippen LogP contribution is 2.30. The van der Waals surface area contributed by atoms with E-state index < -0.39 is 67.7 Å². The number of carboxylic acid groups (broad SMARTS) is 2. The number of sulfonamides is 1. The van der Waals surface area contributed by atoms with E-state index in [0.717, 1.165) is 10.6 Å². The average Bonchev–Trinajstić information content (AvgIpc) is 3.09. The number of rotatable bonds is 13. The van der Waals surface area contributed by atoms with E-state index in [0.29, 0.717) is 23.3 Å². The van der Waals surface area contributed by atoms with Crippen molar-refractivity contribution in [3.05, 3.63) is 24.0 Å². The molecule has 1 aromatic carbocycles. The standard InChI is InChI=1S/C26H38N4O11S2/c1-25(2,3)10-20-27-18-9-16(43(39,40)17-13-29(14-17)42(6,37)38)7-8-19(18)30(20)15-21(28(4)5)41-23(33)12-26(36,24(34)35)11-22(31)32/h7-9,17,21,36H,10-15H2,1-6H3,(H,31,32)(H,34,35). The number of aliphatic hydroxyl groups is 1. The zero-order valence-electron chi connectivity index (χ0n) is 24.8. The minimum Gasteiger partial charge on any atom is -0.481 e. The van der Waals surface area contributed by atoms with Gasteiger partial charge < -0.3 is 24.6 Å². The Balaban J connectivity index is 1.95. The number of aromatic nitrogens is 2. The van der Waals surface area contributed by atoms with Crippen molar-refractivity contribution in [2.24, 2.45) is 5.41 Å². The van der Waals surface area contributed by atoms with Crippen LogP contribution in [0.5, 0.6) is 0 Å². The SMILES string of the molecule is CN(C)C(Cn1c(CC(C)(C)C)nc2cc(S(=O)(=O)C3CN(S(C)(=O)=O)C3)ccc21)OC(=O)CC(O)(CC(=O)O)C(=O)O. The van der Waals surface area contributed by atoms with Crippen LogP contribution in [0.3, 0.4) is 0 Å². The first-order valence-electron chi connectivity index (χ1n) is 13.3. The number of likely N-dealkylation sites (N-methyl/N-ethyl adjacent to an activating group) is 1. The molecule has 43 heavy (non-hydrogen) atoms. The summed E-state index contributed by atoms with van der Waals surface area (Å²) in [5, 5.41) is 27.7. The van der Waals surface area contributed by atoms with Crippen LogP contribution in [0.15, 0.2) is 23.1 Å². The number of carbonyl (C=O) groups is 3. The Labute approximate surface area is 250 Å². The summed E-state index contributed by atoms with van der Waals surface area (Å²) in [7, 11) is -4.15. The lowest BCUT2D eigenvalue weighted by molar-refractivity contribution is -0.177. The Morgan fingerprint density at radius 3 is 2.19 bits per heavy atom. The van der Waals surface area contributed by atoms with Gasteiger partial charge in [-0.05, 0) is 37.7 Å². The number of benzene rings is 1. The highest BCUT2D eigenvalue weighted by atomic mass is 32.2. The van der Waals surface area contributed by atoms with Crippen LogP contribution in [0.2, 0.25) is 0 Å². The third kappa shape index (κ3) is 8.08. The van der Waals surface area contributed by atoms with E-state index in [-0.39, 0.29) is 29.9 Å². The van der Waals surface area contributed by atoms with Crippen molar-refractivity contribution >= 4 is 48.8 Å². The molecular formula is C26H38N4O11S2. The molecule has 15 nitrogen and oxygen atoms in total. The predicted octanol–water partition coefficient (Wildman–Crippen LogP) is 0.154. The van der Waals surface area contributed by atoms with E-state index in [1.807, 2.05) is 20.8 Å². The first-order chi connectivity index (χ1) is 19.5. The van der Waals surface area contributed by atoms with Crippen LogP contribution >= 0.6 is 0 Å². The van der Waals surface area contributed by atoms with Crippen molar-refractivity contribution in [1.29, 1.82) is 0 Å². The van der Waals surface area contributed by atoms with E-state index >= 15 is 0 Å². The number of esters is 1. The zero-order chi connectivity index (χ0) is 32.7. The fourth-order valence-corrected chi connectivity index (χ4v) is 7.33. The van der Waals surface area contributed by atoms with Gasteiger partial charge >= 0.3 is 17.9 Å². The first-order valence-corrected chi connectivity index (χ1v) is 16.6. The van der Waals surface area contributed by atoms with Gasteiger partial charge in [-0.1, -0.05) is 20.8 Å². The number of hydrogen-bond donors (Lipinski definition) is 3. The molecule has 1 fully saturated rings. The zero-order valence-corrected chi connectivity index (χ0v) is 26.5. The van der Waals surface area contributed by atoms with Gasteiger partial charge in [0.1, 0.15) is 5.82 Å². The molecule has 240 valence electrons. The predicted molar refractivity (Wildman–Crippen MR) is 153 cm³/mol. The van der Waals surface area contributed by atoms with Crippen molar-refractivity contribution in [3.8, 4) is 0 Å². The quantitative estimate of drug-likeness (QED) is 0.196. The van der Waals surface area contributed by atoms with Crippen LogP contribution in [-0.4, -0.2) is 119 Å². The van der Waals surface area contributed by atoms with Gasteiger partial charge in [-0.2, -0.15) is 4.31 Å². The highest BCUT2D eigenvalue weighted by molar-refractivity contribution is 7.92. The molecule has 3 rings (SSSR count). The second-order valence-electron chi connectivity index (χ2n) is 12.3. The van der Waals surface area contributed by atoms with Gasteiger partial charge in [0.25, 0.3) is 0 Å². The number of nitrogens with zero attached hydrogens (tertiary/aromatic N) is 4. The number of ether oxygens (including phenoxy) is 1. The Morgan fingerprint density at radius 1 is 1.09 bits per heavy atom. The average molecular weight is 647 g/mol. The van der Waals surface area contributed by atoms with Crippen LogP contribution in [-0.2, 0) is 51.9 Å². The minimum absolute atomic E-state index is 0.00733. The molecule has 1 aromatic heterocycles. The summed E-state index contributed by atoms with van der Waals surface area (Å²) < 4.78 is 58.3. The maximum Gasteiger partial charge on any atom is 0.336 e. The van der Waals surface area contributed by atoms with Gasteiger partial charge in [0, 0.05) is 19.5 Å². The number of imidazole rings is 1. The summed E-state index contributed by atoms with van der Waals surface area (Å²) in [4.78, 5) is 41.5. The monoisotopic (exact) mass is 646 g/mol. The molecule has 17 heteroatoms. The third-order valence-electron chi connectivity index (χ3n) is 7.00. The molecule has 1 saturated heterocycles. The van der Waals surface area contributed by atoms with E-state index in [2.05, 4.69) is 4.98 Å². The Morgan fingerprint density at radius 2 is 1.70 bits per heavy atom. The van der Waals surface area contributed by atoms with Crippen molar-refractivity contribution in [3.63, 3.8) is 0 Å². The molecule has 0 amide bonds. The lowest BCUT2D eigenvalue weighted by Gasteiger charge is -2.36. The first kappa shape index (κ1) is 34.4. The summed E-state index contributed by atoms with van der Waals surface area (Å²) in [6, 6.07) is 4.40. The molecule has 0 saturated carbocycles. The third-order valence-corrected chi connectivity index (χ3v) is 10.3. The van der Waals surface area contributed by atoms with E-state index in [1.54, 1.807) is 24.7 Å². The van der Waals surface area contributed by atoms with E-state index in [9.17, 15) is 41.4 Å². The lowest BCUT2D eigenvalue weighted by atomic mass is 9.92. The van der Waals surface area contributed by atoms with Crippen molar-refractivity contribution in [1.82, 2.24) is 18.8 Å². The normalized spacial score (nSPS) is 17.4. The van der Waals surface area contributed by atoms with Gasteiger partial charge in [0.05, 0.1) is 46.8 Å². The fraction of sp³-hybridized carbons (Fsp3) is 0.615. The van der Waals surface area contributed by atoms with Crippen molar-refractivity contribution < 1.29 is 51.3 Å². The fourth-order valence-electron chi connectivity index (χ4n) is 4.57. The second kappa shape index (κ2) is 12.1. The van der Waals surface area contributed by atoms with Crippen LogP contribution in [0.25, 0.3) is 11.0 Å². The van der Waals surface area contributed by atoms with Crippen molar-refractivity contribution in [2.45, 2.75) is 68.6 Å². The number of carboxylic acids is 2. The molecule has 1 aliphatic rings. The Bertz CT molecular complexity index is 1620. The molecule has 0 aliphatic carbocycles. The highest BCUT2D eigenvalue weighted by Gasteiger charge is 2.43. The minimum atomic E-state index is -3.86. The molecule has 2 heterocycles. The second-order valence-corrected chi connectivity index (χ2v) is 16.5. The van der Waals surface area contributed by atoms with Gasteiger partial charge in [-0.15, -0.1) is 0 Å². The van der Waals surface area contributed by atoms with Crippen molar-refractivity contribution in [2.75, 3.05) is 33.4 Å². The molecular weight excluding hydrogens is 608 g/mol. The molecule has 2 atom stereocenters. The maximum atomic E-state index is 13.2. The number of carbonyl (C=O) groups excluding carboxylic acids is 1. The molecule has 3 N–H and O–H groups in total. The smallest absolute Gasteiger partial charge is 0.336 e. The van der Waals surface area contributed by atoms with Gasteiger partial charge in [-0.3, -0.25) is 14.5 Å². The maximum absolute atomic E-state index is 13.2. The Hall–Kier alpha value is -3.12. The largest absolute Gasteiger partial charge is 0.481 e. The van der Waals surface area contributed by atoms with Crippen LogP contribution < -0.4 is 0 Å². The van der Waals surface area contributed by atoms with E-state index in [4.69, 9.17) is 9.84 Å².